The van der Waals surface area contributed by atoms with Gasteiger partial charge < -0.3 is 5.32 Å². The topological polar surface area (TPSA) is 54.9 Å². The molecule has 0 aliphatic carbocycles. The molecule has 1 heterocycles. The Labute approximate surface area is 112 Å². The lowest BCUT2D eigenvalue weighted by molar-refractivity contribution is 0.0945. The van der Waals surface area contributed by atoms with Crippen LogP contribution in [-0.2, 0) is 6.54 Å². The highest BCUT2D eigenvalue weighted by atomic mass is 19.2. The molecule has 1 N–H and O–H groups in total. The fourth-order valence-corrected chi connectivity index (χ4v) is 1.49. The zero-order valence-electron chi connectivity index (χ0n) is 10.5. The summed E-state index contributed by atoms with van der Waals surface area (Å²) < 4.78 is 39.1. The first-order chi connectivity index (χ1) is 9.49. The third kappa shape index (κ3) is 2.93. The normalized spacial score (nSPS) is 10.4. The van der Waals surface area contributed by atoms with Crippen molar-refractivity contribution in [1.82, 2.24) is 15.5 Å². The highest BCUT2D eigenvalue weighted by Gasteiger charge is 2.18. The van der Waals surface area contributed by atoms with Gasteiger partial charge in [0.25, 0.3) is 5.91 Å². The van der Waals surface area contributed by atoms with Gasteiger partial charge >= 0.3 is 0 Å². The molecule has 7 heteroatoms. The van der Waals surface area contributed by atoms with E-state index in [0.29, 0.717) is 17.5 Å². The molecular weight excluding hydrogens is 271 g/mol. The van der Waals surface area contributed by atoms with Gasteiger partial charge in [0.05, 0.1) is 23.5 Å². The molecule has 0 aliphatic heterocycles. The van der Waals surface area contributed by atoms with Crippen molar-refractivity contribution in [2.75, 3.05) is 0 Å². The lowest BCUT2D eigenvalue weighted by Crippen LogP contribution is -2.25. The van der Waals surface area contributed by atoms with Gasteiger partial charge in [0, 0.05) is 0 Å². The molecule has 0 unspecified atom stereocenters. The second-order valence-corrected chi connectivity index (χ2v) is 4.07. The van der Waals surface area contributed by atoms with Crippen molar-refractivity contribution in [3.63, 3.8) is 0 Å². The predicted molar refractivity (Wildman–Crippen MR) is 64.3 cm³/mol. The molecule has 2 rings (SSSR count). The largest absolute Gasteiger partial charge is 0.346 e. The SMILES string of the molecule is Cc1ccc(CNC(=O)c2ccc(F)c(F)c2F)nn1. The molecule has 4 nitrogen and oxygen atoms in total. The number of benzene rings is 1. The van der Waals surface area contributed by atoms with E-state index in [1.165, 1.54) is 0 Å². The summed E-state index contributed by atoms with van der Waals surface area (Å²) in [6.07, 6.45) is 0. The molecule has 104 valence electrons. The molecule has 0 saturated carbocycles. The summed E-state index contributed by atoms with van der Waals surface area (Å²) >= 11 is 0. The molecule has 0 bridgehead atoms. The van der Waals surface area contributed by atoms with Crippen LogP contribution in [0, 0.1) is 24.4 Å². The Morgan fingerprint density at radius 1 is 1.10 bits per heavy atom. The van der Waals surface area contributed by atoms with E-state index in [0.717, 1.165) is 6.07 Å². The van der Waals surface area contributed by atoms with Gasteiger partial charge in [0.15, 0.2) is 17.5 Å². The van der Waals surface area contributed by atoms with Gasteiger partial charge in [-0.15, -0.1) is 0 Å². The quantitative estimate of drug-likeness (QED) is 0.877. The van der Waals surface area contributed by atoms with Crippen LogP contribution in [0.25, 0.3) is 0 Å². The smallest absolute Gasteiger partial charge is 0.254 e. The molecule has 20 heavy (non-hydrogen) atoms. The van der Waals surface area contributed by atoms with Gasteiger partial charge in [-0.25, -0.2) is 13.2 Å². The Morgan fingerprint density at radius 2 is 1.85 bits per heavy atom. The maximum atomic E-state index is 13.4. The fourth-order valence-electron chi connectivity index (χ4n) is 1.49. The first-order valence-corrected chi connectivity index (χ1v) is 5.70. The minimum Gasteiger partial charge on any atom is -0.346 e. The molecule has 1 aromatic carbocycles. The summed E-state index contributed by atoms with van der Waals surface area (Å²) in [5.41, 5.74) is 0.614. The first-order valence-electron chi connectivity index (χ1n) is 5.70. The van der Waals surface area contributed by atoms with Crippen LogP contribution in [0.1, 0.15) is 21.7 Å². The van der Waals surface area contributed by atoms with Crippen LogP contribution in [-0.4, -0.2) is 16.1 Å². The van der Waals surface area contributed by atoms with Gasteiger partial charge in [-0.1, -0.05) is 0 Å². The van der Waals surface area contributed by atoms with Crippen LogP contribution < -0.4 is 5.32 Å². The molecule has 0 atom stereocenters. The number of aromatic nitrogens is 2. The van der Waals surface area contributed by atoms with E-state index in [1.807, 2.05) is 0 Å². The zero-order valence-corrected chi connectivity index (χ0v) is 10.5. The van der Waals surface area contributed by atoms with Crippen molar-refractivity contribution in [2.24, 2.45) is 0 Å². The number of carbonyl (C=O) groups excluding carboxylic acids is 1. The van der Waals surface area contributed by atoms with Gasteiger partial charge in [0.1, 0.15) is 0 Å². The fraction of sp³-hybridized carbons (Fsp3) is 0.154. The maximum Gasteiger partial charge on any atom is 0.254 e. The van der Waals surface area contributed by atoms with Crippen molar-refractivity contribution in [1.29, 1.82) is 0 Å². The average Bonchev–Trinajstić information content (AvgIpc) is 2.44. The summed E-state index contributed by atoms with van der Waals surface area (Å²) in [4.78, 5) is 11.7. The Bertz CT molecular complexity index is 644. The number of nitrogens with zero attached hydrogens (tertiary/aromatic N) is 2. The van der Waals surface area contributed by atoms with Crippen molar-refractivity contribution in [3.8, 4) is 0 Å². The van der Waals surface area contributed by atoms with Crippen molar-refractivity contribution in [3.05, 3.63) is 58.7 Å². The molecule has 0 saturated heterocycles. The molecule has 0 radical (unpaired) electrons. The Kier molecular flexibility index (Phi) is 3.97. The summed E-state index contributed by atoms with van der Waals surface area (Å²) in [6.45, 7) is 1.76. The minimum absolute atomic E-state index is 0.00451. The van der Waals surface area contributed by atoms with E-state index in [-0.39, 0.29) is 6.54 Å². The summed E-state index contributed by atoms with van der Waals surface area (Å²) in [5.74, 6) is -5.39. The lowest BCUT2D eigenvalue weighted by Gasteiger charge is -2.06. The average molecular weight is 281 g/mol. The Balaban J connectivity index is 2.09. The number of rotatable bonds is 3. The number of aryl methyl sites for hydroxylation is 1. The third-order valence-corrected chi connectivity index (χ3v) is 2.56. The van der Waals surface area contributed by atoms with Crippen molar-refractivity contribution >= 4 is 5.91 Å². The van der Waals surface area contributed by atoms with E-state index < -0.39 is 28.9 Å². The molecule has 1 aromatic heterocycles. The number of nitrogens with one attached hydrogen (secondary N) is 1. The standard InChI is InChI=1S/C13H10F3N3O/c1-7-2-3-8(19-18-7)6-17-13(20)9-4-5-10(14)12(16)11(9)15/h2-5H,6H2,1H3,(H,17,20). The first kappa shape index (κ1) is 14.0. The Hall–Kier alpha value is -2.44. The summed E-state index contributed by atoms with van der Waals surface area (Å²) in [5, 5.41) is 9.95. The molecule has 0 fully saturated rings. The predicted octanol–water partition coefficient (Wildman–Crippen LogP) is 2.13. The third-order valence-electron chi connectivity index (χ3n) is 2.56. The van der Waals surface area contributed by atoms with Crippen LogP contribution in [0.3, 0.4) is 0 Å². The van der Waals surface area contributed by atoms with Crippen LogP contribution >= 0.6 is 0 Å². The van der Waals surface area contributed by atoms with Crippen LogP contribution in [0.2, 0.25) is 0 Å². The van der Waals surface area contributed by atoms with E-state index in [4.69, 9.17) is 0 Å². The van der Waals surface area contributed by atoms with E-state index >= 15 is 0 Å². The summed E-state index contributed by atoms with van der Waals surface area (Å²) in [7, 11) is 0. The van der Waals surface area contributed by atoms with Crippen LogP contribution in [0.15, 0.2) is 24.3 Å². The van der Waals surface area contributed by atoms with Crippen LogP contribution in [0.5, 0.6) is 0 Å². The van der Waals surface area contributed by atoms with Crippen LogP contribution in [0.4, 0.5) is 13.2 Å². The van der Waals surface area contributed by atoms with Crippen molar-refractivity contribution < 1.29 is 18.0 Å². The molecule has 0 spiro atoms. The molecule has 2 aromatic rings. The highest BCUT2D eigenvalue weighted by Crippen LogP contribution is 2.15. The second-order valence-electron chi connectivity index (χ2n) is 4.07. The van der Waals surface area contributed by atoms with Gasteiger partial charge in [-0.3, -0.25) is 4.79 Å². The minimum atomic E-state index is -1.67. The van der Waals surface area contributed by atoms with E-state index in [1.54, 1.807) is 19.1 Å². The maximum absolute atomic E-state index is 13.4. The van der Waals surface area contributed by atoms with E-state index in [9.17, 15) is 18.0 Å². The number of hydrogen-bond acceptors (Lipinski definition) is 3. The number of carbonyl (C=O) groups is 1. The zero-order chi connectivity index (χ0) is 14.7. The second kappa shape index (κ2) is 5.68. The van der Waals surface area contributed by atoms with Crippen molar-refractivity contribution in [2.45, 2.75) is 13.5 Å². The monoisotopic (exact) mass is 281 g/mol. The molecule has 1 amide bonds. The number of hydrogen-bond donors (Lipinski definition) is 1. The molecular formula is C13H10F3N3O. The summed E-state index contributed by atoms with van der Waals surface area (Å²) in [6, 6.07) is 4.92. The Morgan fingerprint density at radius 3 is 2.50 bits per heavy atom. The van der Waals surface area contributed by atoms with E-state index in [2.05, 4.69) is 15.5 Å². The van der Waals surface area contributed by atoms with Gasteiger partial charge in [0.2, 0.25) is 0 Å². The molecule has 0 aliphatic rings. The van der Waals surface area contributed by atoms with Gasteiger partial charge in [-0.2, -0.15) is 10.2 Å². The van der Waals surface area contributed by atoms with Gasteiger partial charge in [-0.05, 0) is 31.2 Å². The lowest BCUT2D eigenvalue weighted by atomic mass is 10.2. The highest BCUT2D eigenvalue weighted by molar-refractivity contribution is 5.94. The number of amides is 1. The number of halogens is 3.